The zero-order chi connectivity index (χ0) is 30.5. The van der Waals surface area contributed by atoms with Crippen molar-refractivity contribution >= 4 is 45.7 Å². The van der Waals surface area contributed by atoms with E-state index in [1.807, 2.05) is 32.9 Å². The van der Waals surface area contributed by atoms with Gasteiger partial charge in [0, 0.05) is 11.3 Å². The number of benzene rings is 3. The first-order valence-electron chi connectivity index (χ1n) is 13.7. The van der Waals surface area contributed by atoms with Gasteiger partial charge in [-0.2, -0.15) is 0 Å². The van der Waals surface area contributed by atoms with Crippen LogP contribution in [0.25, 0.3) is 5.76 Å². The Balaban J connectivity index is 1.57. The number of amides is 1. The highest BCUT2D eigenvalue weighted by Gasteiger charge is 2.48. The first-order chi connectivity index (χ1) is 20.8. The second kappa shape index (κ2) is 13.3. The maximum absolute atomic E-state index is 13.6. The molecular weight excluding hydrogens is 583 g/mol. The van der Waals surface area contributed by atoms with Gasteiger partial charge < -0.3 is 14.6 Å². The molecule has 5 rings (SSSR count). The Kier molecular flexibility index (Phi) is 9.27. The van der Waals surface area contributed by atoms with E-state index in [9.17, 15) is 14.7 Å². The van der Waals surface area contributed by atoms with Crippen molar-refractivity contribution in [1.82, 2.24) is 10.2 Å². The normalized spacial score (nSPS) is 16.0. The van der Waals surface area contributed by atoms with Crippen LogP contribution in [0.5, 0.6) is 11.5 Å². The van der Waals surface area contributed by atoms with Gasteiger partial charge in [-0.1, -0.05) is 101 Å². The quantitative estimate of drug-likeness (QED) is 0.0480. The Morgan fingerprint density at radius 2 is 1.70 bits per heavy atom. The molecular formula is C33H31N3O5S2. The van der Waals surface area contributed by atoms with Crippen molar-refractivity contribution in [2.24, 2.45) is 0 Å². The SMILES string of the molecule is C=CCOc1ccc(C2/C(=C(\O)c3ccc(C)cc3)C(=O)C(=O)N2c2nnc(SCc3ccc(C)cc3)s2)cc1OCC. The molecule has 1 N–H and O–H groups in total. The fourth-order valence-electron chi connectivity index (χ4n) is 4.63. The number of rotatable bonds is 11. The van der Waals surface area contributed by atoms with Crippen LogP contribution in [0.1, 0.15) is 40.8 Å². The second-order valence-corrected chi connectivity index (χ2v) is 12.1. The number of ketones is 1. The molecule has 1 amide bonds. The maximum Gasteiger partial charge on any atom is 0.301 e. The Hall–Kier alpha value is -4.41. The molecule has 0 saturated carbocycles. The van der Waals surface area contributed by atoms with E-state index < -0.39 is 17.7 Å². The van der Waals surface area contributed by atoms with E-state index in [1.54, 1.807) is 36.4 Å². The number of carbonyl (C=O) groups is 2. The number of Topliss-reactive ketones (excluding diaryl/α,β-unsaturated/α-hetero) is 1. The number of aryl methyl sites for hydroxylation is 2. The van der Waals surface area contributed by atoms with E-state index in [0.717, 1.165) is 11.1 Å². The number of aliphatic hydroxyl groups is 1. The van der Waals surface area contributed by atoms with Crippen LogP contribution in [0.2, 0.25) is 0 Å². The van der Waals surface area contributed by atoms with Gasteiger partial charge in [-0.3, -0.25) is 14.5 Å². The molecule has 10 heteroatoms. The summed E-state index contributed by atoms with van der Waals surface area (Å²) in [5.74, 6) is -0.267. The number of thioether (sulfide) groups is 1. The lowest BCUT2D eigenvalue weighted by Crippen LogP contribution is -2.29. The van der Waals surface area contributed by atoms with Crippen molar-refractivity contribution in [2.75, 3.05) is 18.1 Å². The Labute approximate surface area is 258 Å². The van der Waals surface area contributed by atoms with Crippen LogP contribution in [0.3, 0.4) is 0 Å². The van der Waals surface area contributed by atoms with Crippen molar-refractivity contribution in [2.45, 2.75) is 36.9 Å². The molecule has 4 aromatic rings. The average Bonchev–Trinajstić information content (AvgIpc) is 3.58. The molecule has 8 nitrogen and oxygen atoms in total. The number of anilines is 1. The zero-order valence-corrected chi connectivity index (χ0v) is 25.7. The van der Waals surface area contributed by atoms with Gasteiger partial charge in [-0.05, 0) is 44.0 Å². The van der Waals surface area contributed by atoms with Crippen LogP contribution in [0, 0.1) is 13.8 Å². The number of carbonyl (C=O) groups excluding carboxylic acids is 2. The van der Waals surface area contributed by atoms with Crippen LogP contribution in [-0.4, -0.2) is 40.2 Å². The van der Waals surface area contributed by atoms with Gasteiger partial charge in [0.05, 0.1) is 18.2 Å². The number of hydrogen-bond acceptors (Lipinski definition) is 9. The molecule has 2 heterocycles. The van der Waals surface area contributed by atoms with Crippen LogP contribution < -0.4 is 14.4 Å². The van der Waals surface area contributed by atoms with Gasteiger partial charge in [0.1, 0.15) is 12.4 Å². The minimum atomic E-state index is -0.975. The minimum absolute atomic E-state index is 0.0416. The standard InChI is InChI=1S/C33H31N3O5S2/c1-5-17-41-25-16-15-24(18-26(25)40-6-2)28-27(29(37)23-13-9-21(4)10-14-23)30(38)31(39)36(28)32-34-35-33(43-32)42-19-22-11-7-20(3)8-12-22/h5,7-16,18,28,37H,1,6,17,19H2,2-4H3/b29-27+. The molecule has 1 aliphatic rings. The Bertz CT molecular complexity index is 1680. The topological polar surface area (TPSA) is 102 Å². The maximum atomic E-state index is 13.6. The highest BCUT2D eigenvalue weighted by Crippen LogP contribution is 2.45. The lowest BCUT2D eigenvalue weighted by atomic mass is 9.95. The van der Waals surface area contributed by atoms with E-state index in [1.165, 1.54) is 33.6 Å². The van der Waals surface area contributed by atoms with Crippen LogP contribution in [0.15, 0.2) is 89.3 Å². The molecule has 0 spiro atoms. The zero-order valence-electron chi connectivity index (χ0n) is 24.1. The van der Waals surface area contributed by atoms with Gasteiger partial charge in [0.25, 0.3) is 5.78 Å². The lowest BCUT2D eigenvalue weighted by Gasteiger charge is -2.23. The number of hydrogen-bond donors (Lipinski definition) is 1. The summed E-state index contributed by atoms with van der Waals surface area (Å²) in [4.78, 5) is 28.5. The highest BCUT2D eigenvalue weighted by atomic mass is 32.2. The second-order valence-electron chi connectivity index (χ2n) is 9.90. The summed E-state index contributed by atoms with van der Waals surface area (Å²) in [6.45, 7) is 10.2. The van der Waals surface area contributed by atoms with Crippen LogP contribution in [-0.2, 0) is 15.3 Å². The van der Waals surface area contributed by atoms with Gasteiger partial charge in [-0.15, -0.1) is 10.2 Å². The molecule has 1 fully saturated rings. The summed E-state index contributed by atoms with van der Waals surface area (Å²) < 4.78 is 12.3. The summed E-state index contributed by atoms with van der Waals surface area (Å²) in [6.07, 6.45) is 1.63. The smallest absolute Gasteiger partial charge is 0.301 e. The van der Waals surface area contributed by atoms with Crippen LogP contribution in [0.4, 0.5) is 5.13 Å². The molecule has 1 unspecified atom stereocenters. The van der Waals surface area contributed by atoms with Crippen molar-refractivity contribution in [3.05, 3.63) is 113 Å². The largest absolute Gasteiger partial charge is 0.507 e. The Morgan fingerprint density at radius 3 is 2.37 bits per heavy atom. The number of ether oxygens (including phenoxy) is 2. The number of aromatic nitrogens is 2. The third kappa shape index (κ3) is 6.50. The van der Waals surface area contributed by atoms with Gasteiger partial charge in [0.15, 0.2) is 15.8 Å². The third-order valence-corrected chi connectivity index (χ3v) is 8.92. The molecule has 43 heavy (non-hydrogen) atoms. The number of nitrogens with zero attached hydrogens (tertiary/aromatic N) is 3. The van der Waals surface area contributed by atoms with Crippen LogP contribution >= 0.6 is 23.1 Å². The van der Waals surface area contributed by atoms with E-state index in [0.29, 0.717) is 39.3 Å². The molecule has 1 atom stereocenters. The van der Waals surface area contributed by atoms with Gasteiger partial charge >= 0.3 is 5.91 Å². The summed E-state index contributed by atoms with van der Waals surface area (Å²) >= 11 is 2.72. The van der Waals surface area contributed by atoms with E-state index in [-0.39, 0.29) is 23.1 Å². The predicted octanol–water partition coefficient (Wildman–Crippen LogP) is 7.04. The Morgan fingerprint density at radius 1 is 1.00 bits per heavy atom. The van der Waals surface area contributed by atoms with Crippen molar-refractivity contribution in [1.29, 1.82) is 0 Å². The van der Waals surface area contributed by atoms with Crippen molar-refractivity contribution in [3.8, 4) is 11.5 Å². The summed E-state index contributed by atoms with van der Waals surface area (Å²) in [7, 11) is 0. The van der Waals surface area contributed by atoms with Gasteiger partial charge in [-0.25, -0.2) is 0 Å². The first kappa shape index (κ1) is 30.1. The van der Waals surface area contributed by atoms with E-state index >= 15 is 0 Å². The molecule has 220 valence electrons. The monoisotopic (exact) mass is 613 g/mol. The fourth-order valence-corrected chi connectivity index (χ4v) is 6.45. The molecule has 0 radical (unpaired) electrons. The summed E-state index contributed by atoms with van der Waals surface area (Å²) in [5, 5.41) is 20.3. The molecule has 1 aromatic heterocycles. The highest BCUT2D eigenvalue weighted by molar-refractivity contribution is 8.00. The molecule has 0 bridgehead atoms. The first-order valence-corrected chi connectivity index (χ1v) is 15.5. The fraction of sp³-hybridized carbons (Fsp3) is 0.212. The van der Waals surface area contributed by atoms with Gasteiger partial charge in [0.2, 0.25) is 5.13 Å². The molecule has 3 aromatic carbocycles. The summed E-state index contributed by atoms with van der Waals surface area (Å²) in [5.41, 5.74) is 4.24. The van der Waals surface area contributed by atoms with E-state index in [4.69, 9.17) is 9.47 Å². The number of aliphatic hydroxyl groups excluding tert-OH is 1. The average molecular weight is 614 g/mol. The third-order valence-electron chi connectivity index (χ3n) is 6.79. The minimum Gasteiger partial charge on any atom is -0.507 e. The predicted molar refractivity (Wildman–Crippen MR) is 170 cm³/mol. The molecule has 1 aliphatic heterocycles. The summed E-state index contributed by atoms with van der Waals surface area (Å²) in [6, 6.07) is 19.6. The molecule has 1 saturated heterocycles. The van der Waals surface area contributed by atoms with Crippen molar-refractivity contribution in [3.63, 3.8) is 0 Å². The molecule has 0 aliphatic carbocycles. The van der Waals surface area contributed by atoms with E-state index in [2.05, 4.69) is 41.0 Å². The lowest BCUT2D eigenvalue weighted by molar-refractivity contribution is -0.132. The van der Waals surface area contributed by atoms with Crippen molar-refractivity contribution < 1.29 is 24.2 Å².